The summed E-state index contributed by atoms with van der Waals surface area (Å²) in [4.78, 5) is 2.05. The van der Waals surface area contributed by atoms with E-state index >= 15 is 0 Å². The van der Waals surface area contributed by atoms with Gasteiger partial charge in [0.1, 0.15) is 5.75 Å². The molecule has 0 spiro atoms. The lowest BCUT2D eigenvalue weighted by atomic mass is 10.2. The predicted molar refractivity (Wildman–Crippen MR) is 88.9 cm³/mol. The van der Waals surface area contributed by atoms with E-state index in [-0.39, 0.29) is 5.75 Å². The van der Waals surface area contributed by atoms with Crippen LogP contribution in [0.1, 0.15) is 5.56 Å². The Morgan fingerprint density at radius 2 is 1.95 bits per heavy atom. The first-order chi connectivity index (χ1) is 9.47. The zero-order valence-corrected chi connectivity index (χ0v) is 13.7. The number of aromatic hydroxyl groups is 1. The van der Waals surface area contributed by atoms with Gasteiger partial charge >= 0.3 is 0 Å². The van der Waals surface area contributed by atoms with Gasteiger partial charge in [0.15, 0.2) is 0 Å². The van der Waals surface area contributed by atoms with Crippen LogP contribution in [0.4, 0.5) is 11.4 Å². The van der Waals surface area contributed by atoms with Crippen molar-refractivity contribution < 1.29 is 5.11 Å². The van der Waals surface area contributed by atoms with Gasteiger partial charge in [-0.15, -0.1) is 0 Å². The number of nitrogens with zero attached hydrogens (tertiary/aromatic N) is 1. The first kappa shape index (κ1) is 15.0. The maximum atomic E-state index is 9.42. The summed E-state index contributed by atoms with van der Waals surface area (Å²) in [7, 11) is 4.01. The van der Waals surface area contributed by atoms with Crippen molar-refractivity contribution in [2.45, 2.75) is 6.54 Å². The standard InChI is InChI=1S/C15H16BrClN2O/c1-19(2)14-5-4-11(16)8-13(14)18-9-10-3-6-15(20)12(17)7-10/h3-8,18,20H,9H2,1-2H3. The number of anilines is 2. The van der Waals surface area contributed by atoms with Gasteiger partial charge in [0.05, 0.1) is 16.4 Å². The molecular formula is C15H16BrClN2O. The van der Waals surface area contributed by atoms with E-state index < -0.39 is 0 Å². The second-order valence-corrected chi connectivity index (χ2v) is 6.02. The zero-order valence-electron chi connectivity index (χ0n) is 11.3. The van der Waals surface area contributed by atoms with Gasteiger partial charge in [-0.2, -0.15) is 0 Å². The van der Waals surface area contributed by atoms with Crippen LogP contribution >= 0.6 is 27.5 Å². The number of halogens is 2. The summed E-state index contributed by atoms with van der Waals surface area (Å²) in [6, 6.07) is 11.3. The summed E-state index contributed by atoms with van der Waals surface area (Å²) in [6.07, 6.45) is 0. The molecule has 0 aliphatic rings. The highest BCUT2D eigenvalue weighted by Crippen LogP contribution is 2.29. The van der Waals surface area contributed by atoms with Gasteiger partial charge < -0.3 is 15.3 Å². The van der Waals surface area contributed by atoms with E-state index in [1.54, 1.807) is 12.1 Å². The van der Waals surface area contributed by atoms with Crippen molar-refractivity contribution in [3.63, 3.8) is 0 Å². The molecule has 0 saturated carbocycles. The zero-order chi connectivity index (χ0) is 14.7. The molecule has 106 valence electrons. The van der Waals surface area contributed by atoms with Crippen LogP contribution in [0, 0.1) is 0 Å². The molecule has 0 aromatic heterocycles. The maximum Gasteiger partial charge on any atom is 0.134 e. The van der Waals surface area contributed by atoms with Gasteiger partial charge in [-0.05, 0) is 35.9 Å². The van der Waals surface area contributed by atoms with Crippen LogP contribution in [0.25, 0.3) is 0 Å². The molecular weight excluding hydrogens is 340 g/mol. The second kappa shape index (κ2) is 6.37. The summed E-state index contributed by atoms with van der Waals surface area (Å²) >= 11 is 9.39. The molecule has 0 aliphatic carbocycles. The van der Waals surface area contributed by atoms with Crippen LogP contribution in [0.2, 0.25) is 5.02 Å². The van der Waals surface area contributed by atoms with Crippen molar-refractivity contribution >= 4 is 38.9 Å². The summed E-state index contributed by atoms with van der Waals surface area (Å²) in [5, 5.41) is 13.2. The molecule has 0 fully saturated rings. The fourth-order valence-electron chi connectivity index (χ4n) is 1.90. The molecule has 0 heterocycles. The molecule has 0 bridgehead atoms. The summed E-state index contributed by atoms with van der Waals surface area (Å²) in [5.74, 6) is 0.104. The maximum absolute atomic E-state index is 9.42. The van der Waals surface area contributed by atoms with E-state index in [9.17, 15) is 5.11 Å². The number of nitrogens with one attached hydrogen (secondary N) is 1. The van der Waals surface area contributed by atoms with Crippen LogP contribution in [-0.2, 0) is 6.54 Å². The van der Waals surface area contributed by atoms with Crippen molar-refractivity contribution in [1.82, 2.24) is 0 Å². The van der Waals surface area contributed by atoms with Crippen molar-refractivity contribution in [3.05, 3.63) is 51.5 Å². The SMILES string of the molecule is CN(C)c1ccc(Br)cc1NCc1ccc(O)c(Cl)c1. The van der Waals surface area contributed by atoms with E-state index in [1.807, 2.05) is 32.3 Å². The topological polar surface area (TPSA) is 35.5 Å². The van der Waals surface area contributed by atoms with Crippen molar-refractivity contribution in [3.8, 4) is 5.75 Å². The Kier molecular flexibility index (Phi) is 4.78. The molecule has 0 amide bonds. The van der Waals surface area contributed by atoms with Gasteiger partial charge in [-0.1, -0.05) is 33.6 Å². The molecule has 2 aromatic carbocycles. The lowest BCUT2D eigenvalue weighted by Crippen LogP contribution is -2.12. The molecule has 0 unspecified atom stereocenters. The highest BCUT2D eigenvalue weighted by Gasteiger charge is 2.06. The van der Waals surface area contributed by atoms with Crippen LogP contribution in [-0.4, -0.2) is 19.2 Å². The fourth-order valence-corrected chi connectivity index (χ4v) is 2.46. The average Bonchev–Trinajstić information content (AvgIpc) is 2.40. The molecule has 3 nitrogen and oxygen atoms in total. The van der Waals surface area contributed by atoms with Crippen molar-refractivity contribution in [2.24, 2.45) is 0 Å². The fraction of sp³-hybridized carbons (Fsp3) is 0.200. The molecule has 2 aromatic rings. The molecule has 20 heavy (non-hydrogen) atoms. The Labute approximate surface area is 132 Å². The quantitative estimate of drug-likeness (QED) is 0.848. The largest absolute Gasteiger partial charge is 0.506 e. The number of hydrogen-bond acceptors (Lipinski definition) is 3. The number of rotatable bonds is 4. The van der Waals surface area contributed by atoms with Gasteiger partial charge in [0.25, 0.3) is 0 Å². The van der Waals surface area contributed by atoms with Crippen LogP contribution in [0.5, 0.6) is 5.75 Å². The smallest absolute Gasteiger partial charge is 0.134 e. The average molecular weight is 356 g/mol. The third-order valence-corrected chi connectivity index (χ3v) is 3.73. The van der Waals surface area contributed by atoms with Gasteiger partial charge in [-0.3, -0.25) is 0 Å². The molecule has 5 heteroatoms. The number of benzene rings is 2. The minimum atomic E-state index is 0.104. The number of hydrogen-bond donors (Lipinski definition) is 2. The normalized spacial score (nSPS) is 10.4. The molecule has 0 atom stereocenters. The Balaban J connectivity index is 2.17. The summed E-state index contributed by atoms with van der Waals surface area (Å²) in [6.45, 7) is 0.636. The lowest BCUT2D eigenvalue weighted by Gasteiger charge is -2.19. The van der Waals surface area contributed by atoms with E-state index in [2.05, 4.69) is 32.2 Å². The Morgan fingerprint density at radius 1 is 1.20 bits per heavy atom. The van der Waals surface area contributed by atoms with Crippen molar-refractivity contribution in [2.75, 3.05) is 24.3 Å². The Hall–Kier alpha value is -1.39. The molecule has 0 radical (unpaired) electrons. The molecule has 0 saturated heterocycles. The summed E-state index contributed by atoms with van der Waals surface area (Å²) in [5.41, 5.74) is 3.16. The number of phenolic OH excluding ortho intramolecular Hbond substituents is 1. The molecule has 2 N–H and O–H groups in total. The van der Waals surface area contributed by atoms with E-state index in [1.165, 1.54) is 0 Å². The van der Waals surface area contributed by atoms with Gasteiger partial charge in [-0.25, -0.2) is 0 Å². The van der Waals surface area contributed by atoms with E-state index in [4.69, 9.17) is 11.6 Å². The summed E-state index contributed by atoms with van der Waals surface area (Å²) < 4.78 is 1.02. The first-order valence-corrected chi connectivity index (χ1v) is 7.32. The first-order valence-electron chi connectivity index (χ1n) is 6.15. The number of phenols is 1. The Morgan fingerprint density at radius 3 is 2.60 bits per heavy atom. The third-order valence-electron chi connectivity index (χ3n) is 2.94. The molecule has 2 rings (SSSR count). The highest BCUT2D eigenvalue weighted by molar-refractivity contribution is 9.10. The minimum Gasteiger partial charge on any atom is -0.506 e. The highest BCUT2D eigenvalue weighted by atomic mass is 79.9. The third kappa shape index (κ3) is 3.58. The predicted octanol–water partition coefficient (Wildman–Crippen LogP) is 4.49. The Bertz CT molecular complexity index is 617. The second-order valence-electron chi connectivity index (χ2n) is 4.70. The van der Waals surface area contributed by atoms with Gasteiger partial charge in [0.2, 0.25) is 0 Å². The van der Waals surface area contributed by atoms with Crippen molar-refractivity contribution in [1.29, 1.82) is 0 Å². The lowest BCUT2D eigenvalue weighted by molar-refractivity contribution is 0.475. The molecule has 0 aliphatic heterocycles. The monoisotopic (exact) mass is 354 g/mol. The van der Waals surface area contributed by atoms with Gasteiger partial charge in [0, 0.05) is 25.1 Å². The van der Waals surface area contributed by atoms with Crippen LogP contribution in [0.3, 0.4) is 0 Å². The van der Waals surface area contributed by atoms with E-state index in [0.717, 1.165) is 21.4 Å². The minimum absolute atomic E-state index is 0.104. The van der Waals surface area contributed by atoms with E-state index in [0.29, 0.717) is 11.6 Å². The van der Waals surface area contributed by atoms with Crippen LogP contribution < -0.4 is 10.2 Å². The van der Waals surface area contributed by atoms with Crippen LogP contribution in [0.15, 0.2) is 40.9 Å².